The predicted molar refractivity (Wildman–Crippen MR) is 168 cm³/mol. The van der Waals surface area contributed by atoms with Crippen LogP contribution in [0.25, 0.3) is 0 Å². The highest BCUT2D eigenvalue weighted by atomic mass is 19.4. The van der Waals surface area contributed by atoms with Crippen molar-refractivity contribution in [2.24, 2.45) is 0 Å². The number of likely N-dealkylation sites (tertiary alicyclic amines) is 1. The van der Waals surface area contributed by atoms with E-state index in [4.69, 9.17) is 4.74 Å². The van der Waals surface area contributed by atoms with Crippen LogP contribution in [0.2, 0.25) is 0 Å². The van der Waals surface area contributed by atoms with Crippen molar-refractivity contribution in [1.29, 1.82) is 0 Å². The molecule has 0 saturated carbocycles. The zero-order valence-corrected chi connectivity index (χ0v) is 25.8. The number of alkyl halides is 3. The number of aromatic nitrogens is 2. The molecule has 0 unspecified atom stereocenters. The van der Waals surface area contributed by atoms with Gasteiger partial charge in [-0.05, 0) is 74.6 Å². The molecule has 3 aliphatic rings. The number of methoxy groups -OCH3 is 1. The number of fused-ring (bicyclic) bond motifs is 1. The number of hydrogen-bond donors (Lipinski definition) is 2. The molecule has 0 bridgehead atoms. The molecule has 1 amide bonds. The van der Waals surface area contributed by atoms with Crippen LogP contribution in [-0.4, -0.2) is 84.6 Å². The molecule has 0 aliphatic carbocycles. The van der Waals surface area contributed by atoms with Crippen LogP contribution in [0.15, 0.2) is 42.6 Å². The molecule has 2 fully saturated rings. The highest BCUT2D eigenvalue weighted by Gasteiger charge is 2.35. The summed E-state index contributed by atoms with van der Waals surface area (Å²) in [6.07, 6.45) is -0.752. The number of piperidine rings is 1. The van der Waals surface area contributed by atoms with Crippen molar-refractivity contribution in [3.8, 4) is 5.75 Å². The standard InChI is InChI=1S/C33H40F3N7O2/c1-3-41-13-11-23(12-14-41)42-15-17-43(18-16-42)24-8-10-29(30(19-24)45-2)40-32-37-21-26(33(34,35)36)28(39-32)9-7-22-5-4-6-27-25(22)20-31(44)38-27/h4-6,8,10,19,21,23H,3,7,9,11-18,20H2,1-2H3,(H,38,44)(H,37,39,40). The first kappa shape index (κ1) is 31.1. The topological polar surface area (TPSA) is 85.9 Å². The minimum Gasteiger partial charge on any atom is -0.494 e. The predicted octanol–water partition coefficient (Wildman–Crippen LogP) is 5.13. The van der Waals surface area contributed by atoms with Gasteiger partial charge in [-0.15, -0.1) is 0 Å². The molecule has 2 aromatic carbocycles. The fourth-order valence-corrected chi connectivity index (χ4v) is 6.75. The van der Waals surface area contributed by atoms with Crippen molar-refractivity contribution in [1.82, 2.24) is 19.8 Å². The lowest BCUT2D eigenvalue weighted by atomic mass is 9.98. The van der Waals surface area contributed by atoms with E-state index in [2.05, 4.69) is 42.2 Å². The summed E-state index contributed by atoms with van der Waals surface area (Å²) in [4.78, 5) is 27.7. The van der Waals surface area contributed by atoms with Gasteiger partial charge in [0, 0.05) is 55.9 Å². The number of hydrogen-bond acceptors (Lipinski definition) is 8. The molecule has 0 spiro atoms. The third-order valence-corrected chi connectivity index (χ3v) is 9.32. The van der Waals surface area contributed by atoms with Gasteiger partial charge in [0.05, 0.1) is 30.5 Å². The van der Waals surface area contributed by atoms with Crippen molar-refractivity contribution in [3.05, 3.63) is 65.0 Å². The molecule has 0 radical (unpaired) electrons. The number of ether oxygens (including phenoxy) is 1. The number of halogens is 3. The van der Waals surface area contributed by atoms with Crippen LogP contribution in [0.1, 0.15) is 42.1 Å². The Balaban J connectivity index is 1.13. The molecule has 2 saturated heterocycles. The lowest BCUT2D eigenvalue weighted by Gasteiger charge is -2.43. The van der Waals surface area contributed by atoms with Gasteiger partial charge in [0.25, 0.3) is 0 Å². The number of anilines is 4. The van der Waals surface area contributed by atoms with E-state index in [9.17, 15) is 18.0 Å². The lowest BCUT2D eigenvalue weighted by molar-refractivity contribution is -0.138. The highest BCUT2D eigenvalue weighted by molar-refractivity contribution is 5.99. The number of carbonyl (C=O) groups is 1. The van der Waals surface area contributed by atoms with Gasteiger partial charge in [-0.25, -0.2) is 9.97 Å². The van der Waals surface area contributed by atoms with E-state index in [-0.39, 0.29) is 30.4 Å². The van der Waals surface area contributed by atoms with Crippen LogP contribution in [-0.2, 0) is 30.2 Å². The molecular weight excluding hydrogens is 583 g/mol. The Hall–Kier alpha value is -3.90. The maximum absolute atomic E-state index is 13.9. The summed E-state index contributed by atoms with van der Waals surface area (Å²) in [6.45, 7) is 9.56. The average molecular weight is 624 g/mol. The average Bonchev–Trinajstić information content (AvgIpc) is 3.44. The van der Waals surface area contributed by atoms with E-state index in [1.54, 1.807) is 19.2 Å². The molecule has 1 aromatic heterocycles. The Morgan fingerprint density at radius 1 is 1.04 bits per heavy atom. The van der Waals surface area contributed by atoms with Crippen LogP contribution in [0.5, 0.6) is 5.75 Å². The third-order valence-electron chi connectivity index (χ3n) is 9.32. The number of rotatable bonds is 9. The van der Waals surface area contributed by atoms with Gasteiger partial charge in [-0.1, -0.05) is 19.1 Å². The fraction of sp³-hybridized carbons (Fsp3) is 0.485. The highest BCUT2D eigenvalue weighted by Crippen LogP contribution is 2.35. The fourth-order valence-electron chi connectivity index (χ4n) is 6.75. The molecule has 45 heavy (non-hydrogen) atoms. The first-order chi connectivity index (χ1) is 21.7. The summed E-state index contributed by atoms with van der Waals surface area (Å²) in [5.74, 6) is 0.498. The molecule has 6 rings (SSSR count). The first-order valence-corrected chi connectivity index (χ1v) is 15.7. The molecule has 3 aromatic rings. The van der Waals surface area contributed by atoms with Crippen molar-refractivity contribution in [2.45, 2.75) is 51.2 Å². The maximum atomic E-state index is 13.9. The van der Waals surface area contributed by atoms with Gasteiger partial charge in [0.2, 0.25) is 11.9 Å². The Labute approximate surface area is 261 Å². The zero-order valence-electron chi connectivity index (χ0n) is 25.8. The number of piperazine rings is 1. The quantitative estimate of drug-likeness (QED) is 0.339. The molecule has 9 nitrogen and oxygen atoms in total. The summed E-state index contributed by atoms with van der Waals surface area (Å²) < 4.78 is 47.4. The number of aryl methyl sites for hydroxylation is 2. The Bertz CT molecular complexity index is 1520. The van der Waals surface area contributed by atoms with Crippen molar-refractivity contribution in [2.75, 3.05) is 68.5 Å². The van der Waals surface area contributed by atoms with Crippen molar-refractivity contribution >= 4 is 28.9 Å². The minimum absolute atomic E-state index is 0.0381. The lowest BCUT2D eigenvalue weighted by Crippen LogP contribution is -2.53. The van der Waals surface area contributed by atoms with E-state index in [1.165, 1.54) is 25.9 Å². The van der Waals surface area contributed by atoms with Gasteiger partial charge in [-0.2, -0.15) is 13.2 Å². The first-order valence-electron chi connectivity index (χ1n) is 15.7. The van der Waals surface area contributed by atoms with Gasteiger partial charge in [0.15, 0.2) is 0 Å². The summed E-state index contributed by atoms with van der Waals surface area (Å²) in [5, 5.41) is 5.87. The summed E-state index contributed by atoms with van der Waals surface area (Å²) in [7, 11) is 1.57. The Morgan fingerprint density at radius 3 is 2.53 bits per heavy atom. The van der Waals surface area contributed by atoms with Crippen molar-refractivity contribution in [3.63, 3.8) is 0 Å². The van der Waals surface area contributed by atoms with E-state index in [1.807, 2.05) is 24.3 Å². The number of nitrogens with zero attached hydrogens (tertiary/aromatic N) is 5. The Morgan fingerprint density at radius 2 is 1.82 bits per heavy atom. The molecular formula is C33H40F3N7O2. The van der Waals surface area contributed by atoms with Gasteiger partial charge >= 0.3 is 6.18 Å². The van der Waals surface area contributed by atoms with E-state index in [0.29, 0.717) is 29.6 Å². The minimum atomic E-state index is -4.60. The largest absolute Gasteiger partial charge is 0.494 e. The van der Waals surface area contributed by atoms with Crippen LogP contribution in [0, 0.1) is 0 Å². The van der Waals surface area contributed by atoms with E-state index < -0.39 is 11.7 Å². The zero-order chi connectivity index (χ0) is 31.6. The summed E-state index contributed by atoms with van der Waals surface area (Å²) >= 11 is 0. The maximum Gasteiger partial charge on any atom is 0.419 e. The molecule has 0 atom stereocenters. The molecule has 4 heterocycles. The van der Waals surface area contributed by atoms with Crippen LogP contribution in [0.3, 0.4) is 0 Å². The third kappa shape index (κ3) is 7.01. The number of benzene rings is 2. The van der Waals surface area contributed by atoms with Gasteiger partial charge < -0.3 is 25.2 Å². The van der Waals surface area contributed by atoms with Crippen LogP contribution in [0.4, 0.5) is 36.2 Å². The molecule has 240 valence electrons. The second-order valence-corrected chi connectivity index (χ2v) is 11.9. The van der Waals surface area contributed by atoms with Gasteiger partial charge in [0.1, 0.15) is 5.75 Å². The molecule has 3 aliphatic heterocycles. The monoisotopic (exact) mass is 623 g/mol. The molecule has 2 N–H and O–H groups in total. The van der Waals surface area contributed by atoms with E-state index >= 15 is 0 Å². The van der Waals surface area contributed by atoms with Crippen LogP contribution < -0.4 is 20.3 Å². The van der Waals surface area contributed by atoms with E-state index in [0.717, 1.165) is 55.7 Å². The Kier molecular flexibility index (Phi) is 9.14. The normalized spacial score (nSPS) is 18.2. The van der Waals surface area contributed by atoms with Gasteiger partial charge in [-0.3, -0.25) is 9.69 Å². The number of nitrogens with one attached hydrogen (secondary N) is 2. The summed E-state index contributed by atoms with van der Waals surface area (Å²) in [6, 6.07) is 11.9. The smallest absolute Gasteiger partial charge is 0.419 e. The summed E-state index contributed by atoms with van der Waals surface area (Å²) in [5.41, 5.74) is 2.99. The number of amides is 1. The molecule has 12 heteroatoms. The van der Waals surface area contributed by atoms with Crippen LogP contribution >= 0.6 is 0 Å². The second kappa shape index (κ2) is 13.2. The SMILES string of the molecule is CCN1CCC(N2CCN(c3ccc(Nc4ncc(C(F)(F)F)c(CCc5cccc6c5CC(=O)N6)n4)c(OC)c3)CC2)CC1. The second-order valence-electron chi connectivity index (χ2n) is 11.9. The number of carbonyl (C=O) groups excluding carboxylic acids is 1. The van der Waals surface area contributed by atoms with Crippen molar-refractivity contribution < 1.29 is 22.7 Å².